The first kappa shape index (κ1) is 17.6. The number of hydrogen-bond acceptors (Lipinski definition) is 8. The third-order valence-electron chi connectivity index (χ3n) is 5.06. The Morgan fingerprint density at radius 2 is 1.86 bits per heavy atom. The molecule has 1 saturated heterocycles. The van der Waals surface area contributed by atoms with Crippen LogP contribution in [-0.4, -0.2) is 51.4 Å². The van der Waals surface area contributed by atoms with Crippen LogP contribution in [0.3, 0.4) is 0 Å². The highest BCUT2D eigenvalue weighted by molar-refractivity contribution is 5.87. The minimum atomic E-state index is 0.586. The maximum Gasteiger partial charge on any atom is 0.183 e. The minimum Gasteiger partial charge on any atom is -0.378 e. The summed E-state index contributed by atoms with van der Waals surface area (Å²) in [4.78, 5) is 18.9. The zero-order chi connectivity index (χ0) is 19.8. The first-order valence-corrected chi connectivity index (χ1v) is 9.53. The average Bonchev–Trinajstić information content (AvgIpc) is 3.32. The van der Waals surface area contributed by atoms with Crippen molar-refractivity contribution in [2.75, 3.05) is 36.5 Å². The molecule has 29 heavy (non-hydrogen) atoms. The number of anilines is 3. The largest absolute Gasteiger partial charge is 0.378 e. The smallest absolute Gasteiger partial charge is 0.183 e. The molecule has 0 atom stereocenters. The van der Waals surface area contributed by atoms with Crippen molar-refractivity contribution in [3.63, 3.8) is 0 Å². The number of benzene rings is 1. The molecule has 1 aliphatic rings. The molecule has 4 aromatic rings. The van der Waals surface area contributed by atoms with Gasteiger partial charge in [0.1, 0.15) is 23.4 Å². The summed E-state index contributed by atoms with van der Waals surface area (Å²) in [5.74, 6) is 2.05. The highest BCUT2D eigenvalue weighted by Gasteiger charge is 2.18. The van der Waals surface area contributed by atoms with E-state index in [1.165, 1.54) is 12.0 Å². The Morgan fingerprint density at radius 3 is 2.59 bits per heavy atom. The van der Waals surface area contributed by atoms with Gasteiger partial charge in [-0.15, -0.1) is 0 Å². The summed E-state index contributed by atoms with van der Waals surface area (Å²) in [6.07, 6.45) is 1.50. The fourth-order valence-electron chi connectivity index (χ4n) is 3.58. The van der Waals surface area contributed by atoms with Gasteiger partial charge < -0.3 is 24.5 Å². The molecule has 9 nitrogen and oxygen atoms in total. The molecule has 1 aromatic carbocycles. The number of H-pyrrole nitrogens is 1. The molecule has 0 aliphatic carbocycles. The second-order valence-electron chi connectivity index (χ2n) is 6.98. The molecule has 5 rings (SSSR count). The maximum atomic E-state index is 5.42. The van der Waals surface area contributed by atoms with Gasteiger partial charge in [0, 0.05) is 24.5 Å². The number of imidazole rings is 1. The van der Waals surface area contributed by atoms with Crippen molar-refractivity contribution in [1.29, 1.82) is 0 Å². The van der Waals surface area contributed by atoms with Crippen LogP contribution in [-0.2, 0) is 4.74 Å². The topological polar surface area (TPSA) is 105 Å². The summed E-state index contributed by atoms with van der Waals surface area (Å²) in [7, 11) is 0. The van der Waals surface area contributed by atoms with E-state index in [1.54, 1.807) is 0 Å². The maximum absolute atomic E-state index is 5.42. The van der Waals surface area contributed by atoms with Gasteiger partial charge in [-0.1, -0.05) is 5.16 Å². The molecule has 0 saturated carbocycles. The van der Waals surface area contributed by atoms with E-state index in [9.17, 15) is 0 Å². The van der Waals surface area contributed by atoms with Crippen LogP contribution in [0.15, 0.2) is 35.1 Å². The predicted molar refractivity (Wildman–Crippen MR) is 109 cm³/mol. The summed E-state index contributed by atoms with van der Waals surface area (Å²) < 4.78 is 10.7. The third-order valence-corrected chi connectivity index (χ3v) is 5.06. The van der Waals surface area contributed by atoms with Gasteiger partial charge in [0.15, 0.2) is 11.5 Å². The van der Waals surface area contributed by atoms with E-state index in [4.69, 9.17) is 9.26 Å². The van der Waals surface area contributed by atoms with Crippen molar-refractivity contribution in [2.45, 2.75) is 13.8 Å². The summed E-state index contributed by atoms with van der Waals surface area (Å²) in [5.41, 5.74) is 5.08. The van der Waals surface area contributed by atoms with Crippen LogP contribution in [0, 0.1) is 13.8 Å². The van der Waals surface area contributed by atoms with E-state index in [-0.39, 0.29) is 0 Å². The van der Waals surface area contributed by atoms with Crippen molar-refractivity contribution in [3.05, 3.63) is 42.0 Å². The first-order chi connectivity index (χ1) is 14.2. The molecular formula is C20H21N7O2. The SMILES string of the molecule is Cc1noc(C)c1-c1nc2ncnc(Nc3ccc(N4CCOCC4)cc3)c2[nH]1. The second-order valence-corrected chi connectivity index (χ2v) is 6.98. The molecule has 148 valence electrons. The molecule has 1 aliphatic heterocycles. The molecule has 1 fully saturated rings. The summed E-state index contributed by atoms with van der Waals surface area (Å²) in [5, 5.41) is 7.36. The fraction of sp³-hybridized carbons (Fsp3) is 0.300. The van der Waals surface area contributed by atoms with Crippen LogP contribution in [0.5, 0.6) is 0 Å². The van der Waals surface area contributed by atoms with E-state index < -0.39 is 0 Å². The van der Waals surface area contributed by atoms with Crippen LogP contribution < -0.4 is 10.2 Å². The highest BCUT2D eigenvalue weighted by Crippen LogP contribution is 2.29. The fourth-order valence-corrected chi connectivity index (χ4v) is 3.58. The Balaban J connectivity index is 1.43. The number of hydrogen-bond donors (Lipinski definition) is 2. The summed E-state index contributed by atoms with van der Waals surface area (Å²) >= 11 is 0. The Morgan fingerprint density at radius 1 is 1.07 bits per heavy atom. The van der Waals surface area contributed by atoms with Gasteiger partial charge in [-0.2, -0.15) is 0 Å². The van der Waals surface area contributed by atoms with Crippen molar-refractivity contribution >= 4 is 28.4 Å². The number of morpholine rings is 1. The van der Waals surface area contributed by atoms with Crippen molar-refractivity contribution in [1.82, 2.24) is 25.1 Å². The number of aromatic amines is 1. The molecule has 0 radical (unpaired) electrons. The van der Waals surface area contributed by atoms with Crippen molar-refractivity contribution < 1.29 is 9.26 Å². The monoisotopic (exact) mass is 391 g/mol. The van der Waals surface area contributed by atoms with Gasteiger partial charge in [0.2, 0.25) is 0 Å². The van der Waals surface area contributed by atoms with Crippen LogP contribution in [0.4, 0.5) is 17.2 Å². The Hall–Kier alpha value is -3.46. The number of aryl methyl sites for hydroxylation is 2. The van der Waals surface area contributed by atoms with E-state index >= 15 is 0 Å². The molecule has 4 heterocycles. The lowest BCUT2D eigenvalue weighted by molar-refractivity contribution is 0.122. The average molecular weight is 391 g/mol. The molecule has 0 spiro atoms. The molecular weight excluding hydrogens is 370 g/mol. The number of nitrogens with zero attached hydrogens (tertiary/aromatic N) is 5. The van der Waals surface area contributed by atoms with Crippen LogP contribution in [0.2, 0.25) is 0 Å². The molecule has 3 aromatic heterocycles. The highest BCUT2D eigenvalue weighted by atomic mass is 16.5. The van der Waals surface area contributed by atoms with Gasteiger partial charge in [0.05, 0.1) is 24.5 Å². The Kier molecular flexibility index (Phi) is 4.36. The lowest BCUT2D eigenvalue weighted by atomic mass is 10.2. The Labute approximate surface area is 167 Å². The number of ether oxygens (including phenoxy) is 1. The minimum absolute atomic E-state index is 0.586. The summed E-state index contributed by atoms with van der Waals surface area (Å²) in [6.45, 7) is 7.12. The van der Waals surface area contributed by atoms with Gasteiger partial charge in [0.25, 0.3) is 0 Å². The van der Waals surface area contributed by atoms with Crippen LogP contribution in [0.1, 0.15) is 11.5 Å². The number of fused-ring (bicyclic) bond motifs is 1. The lowest BCUT2D eigenvalue weighted by Gasteiger charge is -2.28. The van der Waals surface area contributed by atoms with Crippen LogP contribution >= 0.6 is 0 Å². The molecule has 0 bridgehead atoms. The molecule has 9 heteroatoms. The summed E-state index contributed by atoms with van der Waals surface area (Å²) in [6, 6.07) is 8.30. The standard InChI is InChI=1S/C20H21N7O2/c1-12-16(13(2)29-26-12)18-24-17-19(21-11-22-20(17)25-18)23-14-3-5-15(6-4-14)27-7-9-28-10-8-27/h3-6,11H,7-10H2,1-2H3,(H2,21,22,23,24,25). The lowest BCUT2D eigenvalue weighted by Crippen LogP contribution is -2.36. The zero-order valence-electron chi connectivity index (χ0n) is 16.3. The second kappa shape index (κ2) is 7.17. The van der Waals surface area contributed by atoms with Gasteiger partial charge >= 0.3 is 0 Å². The van der Waals surface area contributed by atoms with Gasteiger partial charge in [-0.25, -0.2) is 15.0 Å². The van der Waals surface area contributed by atoms with Crippen molar-refractivity contribution in [3.8, 4) is 11.4 Å². The number of aromatic nitrogens is 5. The van der Waals surface area contributed by atoms with Crippen molar-refractivity contribution in [2.24, 2.45) is 0 Å². The van der Waals surface area contributed by atoms with E-state index in [0.717, 1.165) is 48.8 Å². The molecule has 0 unspecified atom stereocenters. The van der Waals surface area contributed by atoms with Gasteiger partial charge in [-0.05, 0) is 38.1 Å². The first-order valence-electron chi connectivity index (χ1n) is 9.53. The van der Waals surface area contributed by atoms with Gasteiger partial charge in [-0.3, -0.25) is 0 Å². The Bertz CT molecular complexity index is 1120. The third kappa shape index (κ3) is 3.29. The molecule has 0 amide bonds. The predicted octanol–water partition coefficient (Wildman–Crippen LogP) is 3.20. The normalized spacial score (nSPS) is 14.5. The number of rotatable bonds is 4. The number of nitrogens with one attached hydrogen (secondary N) is 2. The molecule has 2 N–H and O–H groups in total. The van der Waals surface area contributed by atoms with Crippen LogP contribution in [0.25, 0.3) is 22.6 Å². The van der Waals surface area contributed by atoms with E-state index in [1.807, 2.05) is 26.0 Å². The van der Waals surface area contributed by atoms with E-state index in [2.05, 4.69) is 47.4 Å². The van der Waals surface area contributed by atoms with E-state index in [0.29, 0.717) is 23.0 Å². The quantitative estimate of drug-likeness (QED) is 0.546. The zero-order valence-corrected chi connectivity index (χ0v) is 16.3.